The van der Waals surface area contributed by atoms with E-state index in [-0.39, 0.29) is 0 Å². The highest BCUT2D eigenvalue weighted by molar-refractivity contribution is 5.00. The van der Waals surface area contributed by atoms with Gasteiger partial charge in [0.2, 0.25) is 0 Å². The van der Waals surface area contributed by atoms with Crippen LogP contribution in [0.1, 0.15) is 40.0 Å². The molecule has 1 heterocycles. The van der Waals surface area contributed by atoms with E-state index in [9.17, 15) is 0 Å². The van der Waals surface area contributed by atoms with Crippen LogP contribution in [0.15, 0.2) is 0 Å². The fraction of sp³-hybridized carbons (Fsp3) is 1.00. The molecule has 2 rings (SSSR count). The second kappa shape index (κ2) is 2.47. The molecule has 0 aromatic carbocycles. The highest BCUT2D eigenvalue weighted by atomic mass is 15.0. The van der Waals surface area contributed by atoms with E-state index in [2.05, 4.69) is 26.1 Å². The van der Waals surface area contributed by atoms with Crippen molar-refractivity contribution in [3.05, 3.63) is 0 Å². The predicted octanol–water partition coefficient (Wildman–Crippen LogP) is 2.42. The zero-order valence-electron chi connectivity index (χ0n) is 8.61. The lowest BCUT2D eigenvalue weighted by molar-refractivity contribution is 0.146. The molecule has 1 spiro atoms. The van der Waals surface area contributed by atoms with Crippen molar-refractivity contribution in [1.29, 1.82) is 0 Å². The molecule has 1 nitrogen and oxygen atoms in total. The number of nitrogens with one attached hydrogen (secondary N) is 1. The van der Waals surface area contributed by atoms with Crippen LogP contribution in [0.3, 0.4) is 0 Å². The highest BCUT2D eigenvalue weighted by Crippen LogP contribution is 2.50. The lowest BCUT2D eigenvalue weighted by Gasteiger charge is -2.40. The number of hydrogen-bond donors (Lipinski definition) is 1. The molecule has 1 heteroatoms. The van der Waals surface area contributed by atoms with Crippen molar-refractivity contribution >= 4 is 0 Å². The Morgan fingerprint density at radius 3 is 2.17 bits per heavy atom. The summed E-state index contributed by atoms with van der Waals surface area (Å²) < 4.78 is 0. The molecule has 1 unspecified atom stereocenters. The molecule has 1 saturated carbocycles. The maximum atomic E-state index is 3.42. The van der Waals surface area contributed by atoms with Crippen LogP contribution < -0.4 is 5.32 Å². The van der Waals surface area contributed by atoms with E-state index in [4.69, 9.17) is 0 Å². The lowest BCUT2D eigenvalue weighted by Crippen LogP contribution is -2.52. The summed E-state index contributed by atoms with van der Waals surface area (Å²) in [4.78, 5) is 0. The minimum Gasteiger partial charge on any atom is -0.316 e. The van der Waals surface area contributed by atoms with Crippen molar-refractivity contribution in [3.8, 4) is 0 Å². The summed E-state index contributed by atoms with van der Waals surface area (Å²) >= 11 is 0. The maximum absolute atomic E-state index is 3.42. The molecular weight excluding hydrogens is 146 g/mol. The van der Waals surface area contributed by atoms with Crippen molar-refractivity contribution in [1.82, 2.24) is 5.32 Å². The summed E-state index contributed by atoms with van der Waals surface area (Å²) in [5.41, 5.74) is 1.27. The van der Waals surface area contributed by atoms with Gasteiger partial charge in [0, 0.05) is 13.1 Å². The maximum Gasteiger partial charge on any atom is 0.00203 e. The minimum atomic E-state index is 0.541. The summed E-state index contributed by atoms with van der Waals surface area (Å²) in [5.74, 6) is 0.972. The van der Waals surface area contributed by atoms with Gasteiger partial charge >= 0.3 is 0 Å². The Balaban J connectivity index is 1.98. The van der Waals surface area contributed by atoms with Crippen molar-refractivity contribution in [2.24, 2.45) is 16.7 Å². The van der Waals surface area contributed by atoms with Crippen LogP contribution in [0.5, 0.6) is 0 Å². The van der Waals surface area contributed by atoms with Gasteiger partial charge in [-0.3, -0.25) is 0 Å². The summed E-state index contributed by atoms with van der Waals surface area (Å²) in [6.07, 6.45) is 4.41. The monoisotopic (exact) mass is 167 g/mol. The average molecular weight is 167 g/mol. The van der Waals surface area contributed by atoms with Gasteiger partial charge in [0.25, 0.3) is 0 Å². The van der Waals surface area contributed by atoms with Gasteiger partial charge in [-0.15, -0.1) is 0 Å². The Hall–Kier alpha value is -0.0400. The average Bonchev–Trinajstić information content (AvgIpc) is 2.26. The Morgan fingerprint density at radius 1 is 1.25 bits per heavy atom. The molecule has 0 amide bonds. The van der Waals surface area contributed by atoms with Gasteiger partial charge < -0.3 is 5.32 Å². The summed E-state index contributed by atoms with van der Waals surface area (Å²) in [6.45, 7) is 9.76. The van der Waals surface area contributed by atoms with Gasteiger partial charge in [-0.25, -0.2) is 0 Å². The molecule has 2 aliphatic rings. The van der Waals surface area contributed by atoms with Crippen molar-refractivity contribution in [2.45, 2.75) is 40.0 Å². The smallest absolute Gasteiger partial charge is 0.00203 e. The van der Waals surface area contributed by atoms with Crippen LogP contribution in [-0.4, -0.2) is 13.1 Å². The SMILES string of the molecule is CC(C)(C)C1CCC2(CNC2)C1. The zero-order valence-corrected chi connectivity index (χ0v) is 8.61. The third-order valence-corrected chi connectivity index (χ3v) is 3.93. The van der Waals surface area contributed by atoms with Gasteiger partial charge in [0.1, 0.15) is 0 Å². The normalized spacial score (nSPS) is 33.8. The molecule has 1 saturated heterocycles. The quantitative estimate of drug-likeness (QED) is 0.584. The van der Waals surface area contributed by atoms with Crippen LogP contribution in [0.2, 0.25) is 0 Å². The lowest BCUT2D eigenvalue weighted by atomic mass is 9.74. The second-order valence-corrected chi connectivity index (χ2v) is 5.91. The molecule has 0 radical (unpaired) electrons. The second-order valence-electron chi connectivity index (χ2n) is 5.91. The standard InChI is InChI=1S/C11H21N/c1-10(2,3)9-4-5-11(6-9)7-12-8-11/h9,12H,4-8H2,1-3H3. The third kappa shape index (κ3) is 1.28. The number of hydrogen-bond acceptors (Lipinski definition) is 1. The number of rotatable bonds is 0. The third-order valence-electron chi connectivity index (χ3n) is 3.93. The van der Waals surface area contributed by atoms with Crippen molar-refractivity contribution in [2.75, 3.05) is 13.1 Å². The molecule has 1 aliphatic heterocycles. The van der Waals surface area contributed by atoms with Gasteiger partial charge in [-0.05, 0) is 36.0 Å². The van der Waals surface area contributed by atoms with Gasteiger partial charge in [-0.2, -0.15) is 0 Å². The fourth-order valence-corrected chi connectivity index (χ4v) is 2.75. The van der Waals surface area contributed by atoms with Crippen LogP contribution in [0.25, 0.3) is 0 Å². The molecule has 0 bridgehead atoms. The van der Waals surface area contributed by atoms with Crippen molar-refractivity contribution < 1.29 is 0 Å². The summed E-state index contributed by atoms with van der Waals surface area (Å²) in [5, 5.41) is 3.42. The van der Waals surface area contributed by atoms with E-state index in [0.29, 0.717) is 5.41 Å². The molecule has 1 aliphatic carbocycles. The summed E-state index contributed by atoms with van der Waals surface area (Å²) in [7, 11) is 0. The molecular formula is C11H21N. The van der Waals surface area contributed by atoms with E-state index in [0.717, 1.165) is 11.3 Å². The van der Waals surface area contributed by atoms with Crippen LogP contribution in [0.4, 0.5) is 0 Å². The van der Waals surface area contributed by atoms with Crippen LogP contribution in [0, 0.1) is 16.7 Å². The minimum absolute atomic E-state index is 0.541. The first kappa shape index (κ1) is 8.55. The van der Waals surface area contributed by atoms with Crippen LogP contribution in [-0.2, 0) is 0 Å². The topological polar surface area (TPSA) is 12.0 Å². The van der Waals surface area contributed by atoms with Gasteiger partial charge in [0.05, 0.1) is 0 Å². The Kier molecular flexibility index (Phi) is 1.76. The molecule has 2 fully saturated rings. The van der Waals surface area contributed by atoms with Gasteiger partial charge in [-0.1, -0.05) is 20.8 Å². The van der Waals surface area contributed by atoms with E-state index in [1.54, 1.807) is 0 Å². The highest BCUT2D eigenvalue weighted by Gasteiger charge is 2.46. The van der Waals surface area contributed by atoms with E-state index in [1.165, 1.54) is 32.4 Å². The predicted molar refractivity (Wildman–Crippen MR) is 52.1 cm³/mol. The molecule has 0 aromatic rings. The molecule has 0 aromatic heterocycles. The summed E-state index contributed by atoms with van der Waals surface area (Å²) in [6, 6.07) is 0. The van der Waals surface area contributed by atoms with Crippen molar-refractivity contribution in [3.63, 3.8) is 0 Å². The molecule has 1 atom stereocenters. The first-order valence-electron chi connectivity index (χ1n) is 5.23. The first-order valence-corrected chi connectivity index (χ1v) is 5.23. The van der Waals surface area contributed by atoms with E-state index in [1.807, 2.05) is 0 Å². The van der Waals surface area contributed by atoms with E-state index < -0.39 is 0 Å². The van der Waals surface area contributed by atoms with E-state index >= 15 is 0 Å². The largest absolute Gasteiger partial charge is 0.316 e. The molecule has 70 valence electrons. The molecule has 12 heavy (non-hydrogen) atoms. The Labute approximate surface area is 75.9 Å². The molecule has 1 N–H and O–H groups in total. The first-order chi connectivity index (χ1) is 5.52. The Morgan fingerprint density at radius 2 is 1.92 bits per heavy atom. The van der Waals surface area contributed by atoms with Gasteiger partial charge in [0.15, 0.2) is 0 Å². The van der Waals surface area contributed by atoms with Crippen LogP contribution >= 0.6 is 0 Å². The fourth-order valence-electron chi connectivity index (χ4n) is 2.75. The Bertz CT molecular complexity index is 174. The zero-order chi connectivity index (χ0) is 8.82.